The molecular formula is C24H28ClN5O2. The average Bonchev–Trinajstić information content (AvgIpc) is 3.11. The second-order valence-electron chi connectivity index (χ2n) is 8.22. The molecule has 1 fully saturated rings. The summed E-state index contributed by atoms with van der Waals surface area (Å²) < 4.78 is 0. The summed E-state index contributed by atoms with van der Waals surface area (Å²) in [4.78, 5) is 30.2. The lowest BCUT2D eigenvalue weighted by atomic mass is 9.97. The van der Waals surface area contributed by atoms with E-state index in [1.54, 1.807) is 6.92 Å². The van der Waals surface area contributed by atoms with Gasteiger partial charge in [-0.15, -0.1) is 10.2 Å². The van der Waals surface area contributed by atoms with Crippen LogP contribution in [0.15, 0.2) is 70.5 Å². The number of halogens is 1. The van der Waals surface area contributed by atoms with Gasteiger partial charge in [-0.05, 0) is 30.1 Å². The molecule has 3 rings (SSSR count). The summed E-state index contributed by atoms with van der Waals surface area (Å²) in [5.41, 5.74) is 1.87. The maximum Gasteiger partial charge on any atom is 0.274 e. The van der Waals surface area contributed by atoms with Gasteiger partial charge >= 0.3 is 0 Å². The van der Waals surface area contributed by atoms with Gasteiger partial charge in [0.15, 0.2) is 0 Å². The van der Waals surface area contributed by atoms with E-state index in [2.05, 4.69) is 57.6 Å². The molecular weight excluding hydrogens is 426 g/mol. The number of likely N-dealkylation sites (tertiary alicyclic amines) is 1. The van der Waals surface area contributed by atoms with Gasteiger partial charge in [0.25, 0.3) is 11.5 Å². The van der Waals surface area contributed by atoms with Crippen LogP contribution in [0.4, 0.5) is 0 Å². The van der Waals surface area contributed by atoms with Crippen molar-refractivity contribution in [2.24, 2.45) is 5.92 Å². The van der Waals surface area contributed by atoms with Gasteiger partial charge < -0.3 is 10.3 Å². The molecule has 32 heavy (non-hydrogen) atoms. The molecule has 1 amide bonds. The van der Waals surface area contributed by atoms with E-state index in [0.717, 1.165) is 19.6 Å². The molecule has 0 bridgehead atoms. The van der Waals surface area contributed by atoms with Gasteiger partial charge in [-0.2, -0.15) is 0 Å². The number of hydrogen-bond acceptors (Lipinski definition) is 5. The zero-order chi connectivity index (χ0) is 23.3. The molecule has 7 nitrogen and oxygen atoms in total. The number of nitrogens with one attached hydrogen (secondary N) is 2. The maximum atomic E-state index is 12.6. The number of H-pyrrole nitrogens is 1. The molecule has 2 N–H and O–H groups in total. The summed E-state index contributed by atoms with van der Waals surface area (Å²) in [5, 5.41) is 11.2. The predicted octanol–water partition coefficient (Wildman–Crippen LogP) is 3.27. The van der Waals surface area contributed by atoms with E-state index in [4.69, 9.17) is 11.6 Å². The summed E-state index contributed by atoms with van der Waals surface area (Å²) >= 11 is 5.78. The molecule has 1 aliphatic rings. The van der Waals surface area contributed by atoms with Gasteiger partial charge in [0.1, 0.15) is 11.5 Å². The van der Waals surface area contributed by atoms with Crippen molar-refractivity contribution in [3.05, 3.63) is 93.2 Å². The van der Waals surface area contributed by atoms with E-state index in [1.807, 2.05) is 18.2 Å². The number of aromatic nitrogens is 3. The maximum absolute atomic E-state index is 12.6. The molecule has 2 atom stereocenters. The minimum atomic E-state index is -0.412. The van der Waals surface area contributed by atoms with Crippen LogP contribution in [0.3, 0.4) is 0 Å². The minimum absolute atomic E-state index is 0.0544. The lowest BCUT2D eigenvalue weighted by Gasteiger charge is -2.15. The zero-order valence-electron chi connectivity index (χ0n) is 18.4. The predicted molar refractivity (Wildman–Crippen MR) is 126 cm³/mol. The lowest BCUT2D eigenvalue weighted by Crippen LogP contribution is -2.31. The number of hydrogen-bond donors (Lipinski definition) is 2. The van der Waals surface area contributed by atoms with Gasteiger partial charge in [-0.1, -0.05) is 62.0 Å². The van der Waals surface area contributed by atoms with Crippen LogP contribution in [0.5, 0.6) is 0 Å². The summed E-state index contributed by atoms with van der Waals surface area (Å²) in [6, 6.07) is 10.3. The lowest BCUT2D eigenvalue weighted by molar-refractivity contribution is -0.117. The van der Waals surface area contributed by atoms with Gasteiger partial charge in [0.05, 0.1) is 6.54 Å². The van der Waals surface area contributed by atoms with E-state index in [1.165, 1.54) is 11.6 Å². The normalized spacial score (nSPS) is 19.0. The van der Waals surface area contributed by atoms with E-state index in [9.17, 15) is 9.59 Å². The van der Waals surface area contributed by atoms with Gasteiger partial charge in [0, 0.05) is 36.2 Å². The van der Waals surface area contributed by atoms with Crippen molar-refractivity contribution in [2.75, 3.05) is 13.1 Å². The van der Waals surface area contributed by atoms with Crippen molar-refractivity contribution in [1.82, 2.24) is 25.4 Å². The Morgan fingerprint density at radius 1 is 1.28 bits per heavy atom. The first-order valence-electron chi connectivity index (χ1n) is 10.5. The number of nitrogens with zero attached hydrogens (tertiary/aromatic N) is 3. The smallest absolute Gasteiger partial charge is 0.274 e. The third kappa shape index (κ3) is 6.02. The van der Waals surface area contributed by atoms with Crippen molar-refractivity contribution in [3.8, 4) is 0 Å². The minimum Gasteiger partial charge on any atom is -0.346 e. The number of carbonyl (C=O) groups is 1. The SMILES string of the molecule is C=C(Cl)/C=C(\C(=C)C)C(=O)NCc1nnc(C2CN(Cc3ccccc3)CC2C)[nH]c1=O. The van der Waals surface area contributed by atoms with Crippen LogP contribution in [0.2, 0.25) is 0 Å². The first-order chi connectivity index (χ1) is 15.2. The molecule has 8 heteroatoms. The molecule has 0 radical (unpaired) electrons. The Kier molecular flexibility index (Phi) is 7.77. The van der Waals surface area contributed by atoms with Crippen molar-refractivity contribution >= 4 is 17.5 Å². The number of allylic oxidation sites excluding steroid dienone is 2. The molecule has 0 aliphatic carbocycles. The van der Waals surface area contributed by atoms with Gasteiger partial charge in [0.2, 0.25) is 0 Å². The fraction of sp³-hybridized carbons (Fsp3) is 0.333. The van der Waals surface area contributed by atoms with Crippen LogP contribution in [0, 0.1) is 5.92 Å². The number of carbonyl (C=O) groups excluding carboxylic acids is 1. The third-order valence-corrected chi connectivity index (χ3v) is 5.60. The highest BCUT2D eigenvalue weighted by atomic mass is 35.5. The molecule has 2 heterocycles. The molecule has 1 aromatic carbocycles. The topological polar surface area (TPSA) is 91.0 Å². The molecule has 1 saturated heterocycles. The zero-order valence-corrected chi connectivity index (χ0v) is 19.2. The Balaban J connectivity index is 1.65. The van der Waals surface area contributed by atoms with Crippen molar-refractivity contribution in [2.45, 2.75) is 32.9 Å². The van der Waals surface area contributed by atoms with Crippen molar-refractivity contribution < 1.29 is 4.79 Å². The standard InChI is InChI=1S/C24H28ClN5O2/c1-15(2)19(10-17(4)25)23(31)26-11-21-24(32)27-22(29-28-21)20-14-30(12-16(20)3)13-18-8-6-5-7-9-18/h5-10,16,20H,1,4,11-14H2,2-3H3,(H,26,31)(H,27,29,32)/b19-10+. The number of amides is 1. The van der Waals surface area contributed by atoms with Gasteiger partial charge in [-0.25, -0.2) is 0 Å². The third-order valence-electron chi connectivity index (χ3n) is 5.49. The van der Waals surface area contributed by atoms with E-state index in [-0.39, 0.29) is 28.7 Å². The largest absolute Gasteiger partial charge is 0.346 e. The van der Waals surface area contributed by atoms with E-state index < -0.39 is 5.91 Å². The molecule has 1 aromatic heterocycles. The molecule has 2 aromatic rings. The quantitative estimate of drug-likeness (QED) is 0.473. The van der Waals surface area contributed by atoms with Gasteiger partial charge in [-0.3, -0.25) is 14.5 Å². The summed E-state index contributed by atoms with van der Waals surface area (Å²) in [6.07, 6.45) is 1.43. The summed E-state index contributed by atoms with van der Waals surface area (Å²) in [5.74, 6) is 0.594. The Morgan fingerprint density at radius 2 is 2.00 bits per heavy atom. The monoisotopic (exact) mass is 453 g/mol. The van der Waals surface area contributed by atoms with E-state index >= 15 is 0 Å². The molecule has 1 aliphatic heterocycles. The second-order valence-corrected chi connectivity index (χ2v) is 8.70. The number of benzene rings is 1. The average molecular weight is 454 g/mol. The Bertz CT molecular complexity index is 1090. The fourth-order valence-corrected chi connectivity index (χ4v) is 3.96. The summed E-state index contributed by atoms with van der Waals surface area (Å²) in [6.45, 7) is 13.7. The van der Waals surface area contributed by atoms with Crippen molar-refractivity contribution in [1.29, 1.82) is 0 Å². The molecule has 168 valence electrons. The van der Waals surface area contributed by atoms with Crippen LogP contribution in [-0.2, 0) is 17.9 Å². The Labute approximate surface area is 192 Å². The number of rotatable bonds is 8. The summed E-state index contributed by atoms with van der Waals surface area (Å²) in [7, 11) is 0. The first kappa shape index (κ1) is 23.6. The second kappa shape index (κ2) is 10.5. The van der Waals surface area contributed by atoms with Crippen LogP contribution in [-0.4, -0.2) is 39.1 Å². The highest BCUT2D eigenvalue weighted by molar-refractivity contribution is 6.31. The Morgan fingerprint density at radius 3 is 2.62 bits per heavy atom. The van der Waals surface area contributed by atoms with Crippen LogP contribution >= 0.6 is 11.6 Å². The molecule has 0 saturated carbocycles. The van der Waals surface area contributed by atoms with Crippen LogP contribution in [0.25, 0.3) is 0 Å². The first-order valence-corrected chi connectivity index (χ1v) is 10.8. The number of aromatic amines is 1. The van der Waals surface area contributed by atoms with Crippen LogP contribution in [0.1, 0.15) is 36.8 Å². The highest BCUT2D eigenvalue weighted by Crippen LogP contribution is 2.30. The van der Waals surface area contributed by atoms with E-state index in [0.29, 0.717) is 22.9 Å². The Hall–Kier alpha value is -3.03. The van der Waals surface area contributed by atoms with Crippen molar-refractivity contribution in [3.63, 3.8) is 0 Å². The fourth-order valence-electron chi connectivity index (χ4n) is 3.85. The van der Waals surface area contributed by atoms with Crippen LogP contribution < -0.4 is 10.9 Å². The highest BCUT2D eigenvalue weighted by Gasteiger charge is 2.32. The molecule has 0 spiro atoms. The molecule has 2 unspecified atom stereocenters.